The van der Waals surface area contributed by atoms with Gasteiger partial charge >= 0.3 is 0 Å². The SMILES string of the molecule is CC(c1ccc(F)c(F)c1)N(C)C(=O)C1=Cc2cc(Cl)ccc2OC1. The Labute approximate surface area is 149 Å². The molecular weight excluding hydrogens is 348 g/mol. The molecule has 1 heterocycles. The third-order valence-electron chi connectivity index (χ3n) is 4.29. The fourth-order valence-corrected chi connectivity index (χ4v) is 2.85. The summed E-state index contributed by atoms with van der Waals surface area (Å²) in [6.07, 6.45) is 1.74. The highest BCUT2D eigenvalue weighted by molar-refractivity contribution is 6.30. The van der Waals surface area contributed by atoms with Gasteiger partial charge in [-0.25, -0.2) is 8.78 Å². The highest BCUT2D eigenvalue weighted by atomic mass is 35.5. The number of amides is 1. The van der Waals surface area contributed by atoms with E-state index in [1.807, 2.05) is 0 Å². The maximum absolute atomic E-state index is 13.4. The Morgan fingerprint density at radius 2 is 1.96 bits per heavy atom. The van der Waals surface area contributed by atoms with Crippen molar-refractivity contribution in [1.29, 1.82) is 0 Å². The topological polar surface area (TPSA) is 29.5 Å². The zero-order valence-electron chi connectivity index (χ0n) is 13.7. The highest BCUT2D eigenvalue weighted by Crippen LogP contribution is 2.30. The van der Waals surface area contributed by atoms with Crippen molar-refractivity contribution in [2.45, 2.75) is 13.0 Å². The van der Waals surface area contributed by atoms with E-state index in [1.54, 1.807) is 38.2 Å². The predicted octanol–water partition coefficient (Wildman–Crippen LogP) is 4.61. The summed E-state index contributed by atoms with van der Waals surface area (Å²) in [5, 5.41) is 0.552. The molecule has 6 heteroatoms. The number of benzene rings is 2. The van der Waals surface area contributed by atoms with Crippen molar-refractivity contribution in [1.82, 2.24) is 4.90 Å². The normalized spacial score (nSPS) is 14.2. The van der Waals surface area contributed by atoms with Gasteiger partial charge < -0.3 is 9.64 Å². The van der Waals surface area contributed by atoms with Crippen molar-refractivity contribution >= 4 is 23.6 Å². The van der Waals surface area contributed by atoms with Crippen molar-refractivity contribution < 1.29 is 18.3 Å². The van der Waals surface area contributed by atoms with E-state index in [0.29, 0.717) is 21.9 Å². The second-order valence-electron chi connectivity index (χ2n) is 5.91. The number of carbonyl (C=O) groups is 1. The molecule has 2 aromatic carbocycles. The Hall–Kier alpha value is -2.40. The van der Waals surface area contributed by atoms with Gasteiger partial charge in [-0.05, 0) is 48.9 Å². The first-order chi connectivity index (χ1) is 11.9. The molecule has 0 fully saturated rings. The van der Waals surface area contributed by atoms with Gasteiger partial charge in [-0.1, -0.05) is 17.7 Å². The van der Waals surface area contributed by atoms with Crippen LogP contribution in [0.15, 0.2) is 42.0 Å². The molecule has 0 radical (unpaired) electrons. The summed E-state index contributed by atoms with van der Waals surface area (Å²) in [5.41, 5.74) is 1.71. The van der Waals surface area contributed by atoms with Crippen molar-refractivity contribution in [3.63, 3.8) is 0 Å². The molecule has 0 bridgehead atoms. The summed E-state index contributed by atoms with van der Waals surface area (Å²) in [5.74, 6) is -1.43. The van der Waals surface area contributed by atoms with Gasteiger partial charge in [0.25, 0.3) is 5.91 Å². The summed E-state index contributed by atoms with van der Waals surface area (Å²) in [7, 11) is 1.61. The summed E-state index contributed by atoms with van der Waals surface area (Å²) < 4.78 is 32.1. The van der Waals surface area contributed by atoms with E-state index in [0.717, 1.165) is 17.7 Å². The molecule has 1 atom stereocenters. The van der Waals surface area contributed by atoms with E-state index in [4.69, 9.17) is 16.3 Å². The van der Waals surface area contributed by atoms with E-state index in [9.17, 15) is 13.6 Å². The average molecular weight is 364 g/mol. The first kappa shape index (κ1) is 17.4. The number of halogens is 3. The average Bonchev–Trinajstić information content (AvgIpc) is 2.61. The third kappa shape index (κ3) is 3.51. The van der Waals surface area contributed by atoms with Gasteiger partial charge in [-0.15, -0.1) is 0 Å². The first-order valence-electron chi connectivity index (χ1n) is 7.72. The number of fused-ring (bicyclic) bond motifs is 1. The van der Waals surface area contributed by atoms with Crippen molar-refractivity contribution in [3.05, 3.63) is 69.8 Å². The molecule has 1 aliphatic rings. The van der Waals surface area contributed by atoms with Crippen molar-refractivity contribution in [2.24, 2.45) is 0 Å². The number of carbonyl (C=O) groups excluding carboxylic acids is 1. The second kappa shape index (κ2) is 6.84. The number of hydrogen-bond donors (Lipinski definition) is 0. The lowest BCUT2D eigenvalue weighted by Crippen LogP contribution is -2.33. The maximum atomic E-state index is 13.4. The van der Waals surface area contributed by atoms with Crippen LogP contribution in [0.25, 0.3) is 6.08 Å². The van der Waals surface area contributed by atoms with E-state index < -0.39 is 17.7 Å². The number of hydrogen-bond acceptors (Lipinski definition) is 2. The minimum Gasteiger partial charge on any atom is -0.488 e. The Morgan fingerprint density at radius 1 is 1.20 bits per heavy atom. The molecule has 25 heavy (non-hydrogen) atoms. The maximum Gasteiger partial charge on any atom is 0.253 e. The van der Waals surface area contributed by atoms with Gasteiger partial charge in [0.2, 0.25) is 0 Å². The Balaban J connectivity index is 1.83. The molecule has 0 aromatic heterocycles. The standard InChI is InChI=1S/C19H16ClF2NO2/c1-11(12-3-5-16(21)17(22)9-12)23(2)19(24)14-7-13-8-15(20)4-6-18(13)25-10-14/h3-9,11H,10H2,1-2H3. The third-order valence-corrected chi connectivity index (χ3v) is 4.52. The van der Waals surface area contributed by atoms with Crippen LogP contribution in [0.3, 0.4) is 0 Å². The van der Waals surface area contributed by atoms with Crippen LogP contribution >= 0.6 is 11.6 Å². The van der Waals surface area contributed by atoms with Crippen molar-refractivity contribution in [3.8, 4) is 5.75 Å². The molecule has 2 aromatic rings. The molecule has 1 unspecified atom stereocenters. The summed E-state index contributed by atoms with van der Waals surface area (Å²) in [6, 6.07) is 8.40. The van der Waals surface area contributed by atoms with Gasteiger partial charge in [-0.2, -0.15) is 0 Å². The van der Waals surface area contributed by atoms with Crippen LogP contribution in [0.5, 0.6) is 5.75 Å². The molecule has 0 spiro atoms. The van der Waals surface area contributed by atoms with Gasteiger partial charge in [-0.3, -0.25) is 4.79 Å². The fourth-order valence-electron chi connectivity index (χ4n) is 2.67. The number of ether oxygens (including phenoxy) is 1. The second-order valence-corrected chi connectivity index (χ2v) is 6.34. The largest absolute Gasteiger partial charge is 0.488 e. The molecule has 3 nitrogen and oxygen atoms in total. The minimum atomic E-state index is -0.936. The van der Waals surface area contributed by atoms with Gasteiger partial charge in [0.15, 0.2) is 11.6 Å². The van der Waals surface area contributed by atoms with Gasteiger partial charge in [0.05, 0.1) is 11.6 Å². The molecule has 1 amide bonds. The van der Waals surface area contributed by atoms with Crippen LogP contribution in [0, 0.1) is 11.6 Å². The molecule has 0 saturated carbocycles. The molecule has 0 saturated heterocycles. The van der Waals surface area contributed by atoms with Crippen LogP contribution in [0.1, 0.15) is 24.1 Å². The first-order valence-corrected chi connectivity index (χ1v) is 8.09. The fraction of sp³-hybridized carbons (Fsp3) is 0.211. The van der Waals surface area contributed by atoms with Crippen LogP contribution in [0.4, 0.5) is 8.78 Å². The summed E-state index contributed by atoms with van der Waals surface area (Å²) in [6.45, 7) is 1.89. The Kier molecular flexibility index (Phi) is 4.77. The molecular formula is C19H16ClF2NO2. The quantitative estimate of drug-likeness (QED) is 0.796. The Bertz CT molecular complexity index is 866. The predicted molar refractivity (Wildman–Crippen MR) is 92.5 cm³/mol. The lowest BCUT2D eigenvalue weighted by molar-refractivity contribution is -0.128. The minimum absolute atomic E-state index is 0.141. The zero-order chi connectivity index (χ0) is 18.1. The molecule has 0 aliphatic carbocycles. The lowest BCUT2D eigenvalue weighted by Gasteiger charge is -2.28. The van der Waals surface area contributed by atoms with E-state index in [-0.39, 0.29) is 12.5 Å². The van der Waals surface area contributed by atoms with Crippen LogP contribution in [-0.2, 0) is 4.79 Å². The monoisotopic (exact) mass is 363 g/mol. The van der Waals surface area contributed by atoms with Gasteiger partial charge in [0, 0.05) is 17.6 Å². The molecule has 3 rings (SSSR count). The van der Waals surface area contributed by atoms with E-state index in [1.165, 1.54) is 11.0 Å². The number of nitrogens with zero attached hydrogens (tertiary/aromatic N) is 1. The van der Waals surface area contributed by atoms with E-state index in [2.05, 4.69) is 0 Å². The van der Waals surface area contributed by atoms with Crippen LogP contribution in [0.2, 0.25) is 5.02 Å². The lowest BCUT2D eigenvalue weighted by atomic mass is 10.0. The van der Waals surface area contributed by atoms with Crippen molar-refractivity contribution in [2.75, 3.05) is 13.7 Å². The number of likely N-dealkylation sites (N-methyl/N-ethyl adjacent to an activating group) is 1. The zero-order valence-corrected chi connectivity index (χ0v) is 14.5. The van der Waals surface area contributed by atoms with Crippen LogP contribution in [-0.4, -0.2) is 24.5 Å². The molecule has 130 valence electrons. The van der Waals surface area contributed by atoms with Crippen LogP contribution < -0.4 is 4.74 Å². The highest BCUT2D eigenvalue weighted by Gasteiger charge is 2.24. The molecule has 1 aliphatic heterocycles. The smallest absolute Gasteiger partial charge is 0.253 e. The summed E-state index contributed by atoms with van der Waals surface area (Å²) >= 11 is 5.98. The number of rotatable bonds is 3. The summed E-state index contributed by atoms with van der Waals surface area (Å²) in [4.78, 5) is 14.2. The molecule has 0 N–H and O–H groups in total. The van der Waals surface area contributed by atoms with E-state index >= 15 is 0 Å². The van der Waals surface area contributed by atoms with Gasteiger partial charge in [0.1, 0.15) is 12.4 Å². The Morgan fingerprint density at radius 3 is 2.68 bits per heavy atom.